The van der Waals surface area contributed by atoms with Crippen LogP contribution < -0.4 is 10.2 Å². The first-order valence-electron chi connectivity index (χ1n) is 7.13. The number of nitrogens with zero attached hydrogens (tertiary/aromatic N) is 3. The number of methoxy groups -OCH3 is 1. The van der Waals surface area contributed by atoms with Crippen LogP contribution in [-0.2, 0) is 0 Å². The van der Waals surface area contributed by atoms with Gasteiger partial charge in [-0.3, -0.25) is 4.79 Å². The number of carbonyl (C=O) groups excluding carboxylic acids is 1. The molecule has 0 spiro atoms. The first kappa shape index (κ1) is 15.4. The number of hydrazone groups is 1. The van der Waals surface area contributed by atoms with Crippen molar-refractivity contribution >= 4 is 12.1 Å². The summed E-state index contributed by atoms with van der Waals surface area (Å²) in [5.74, 6) is 0.297. The van der Waals surface area contributed by atoms with Crippen LogP contribution in [0.1, 0.15) is 16.2 Å². The van der Waals surface area contributed by atoms with Crippen molar-refractivity contribution in [2.45, 2.75) is 0 Å². The van der Waals surface area contributed by atoms with Crippen LogP contribution in [0.15, 0.2) is 64.2 Å². The molecule has 0 atom stereocenters. The molecule has 1 N–H and O–H groups in total. The number of nitrogens with one attached hydrogen (secondary N) is 1. The van der Waals surface area contributed by atoms with Crippen LogP contribution in [0.2, 0.25) is 0 Å². The highest BCUT2D eigenvalue weighted by Gasteiger charge is 2.15. The molecule has 0 unspecified atom stereocenters. The molecule has 0 saturated carbocycles. The largest absolute Gasteiger partial charge is 0.497 e. The van der Waals surface area contributed by atoms with E-state index < -0.39 is 5.91 Å². The monoisotopic (exact) mass is 322 g/mol. The van der Waals surface area contributed by atoms with Crippen LogP contribution in [0.3, 0.4) is 0 Å². The summed E-state index contributed by atoms with van der Waals surface area (Å²) in [6.45, 7) is 0. The van der Waals surface area contributed by atoms with Crippen LogP contribution in [0.4, 0.5) is 0 Å². The quantitative estimate of drug-likeness (QED) is 0.576. The molecule has 0 saturated heterocycles. The van der Waals surface area contributed by atoms with Crippen molar-refractivity contribution in [2.24, 2.45) is 5.10 Å². The Bertz CT molecular complexity index is 842. The van der Waals surface area contributed by atoms with Crippen molar-refractivity contribution in [3.05, 3.63) is 66.1 Å². The van der Waals surface area contributed by atoms with Crippen molar-refractivity contribution in [3.8, 4) is 17.1 Å². The van der Waals surface area contributed by atoms with Gasteiger partial charge in [-0.2, -0.15) is 10.1 Å². The SMILES string of the molecule is COc1ccc(-c2noc(C(=O)N/N=C/c3ccccc3)n2)cc1. The van der Waals surface area contributed by atoms with Crippen molar-refractivity contribution < 1.29 is 14.1 Å². The van der Waals surface area contributed by atoms with Gasteiger partial charge < -0.3 is 9.26 Å². The van der Waals surface area contributed by atoms with E-state index in [-0.39, 0.29) is 5.89 Å². The number of amides is 1. The van der Waals surface area contributed by atoms with Gasteiger partial charge in [0, 0.05) is 5.56 Å². The second-order valence-corrected chi connectivity index (χ2v) is 4.76. The Morgan fingerprint density at radius 1 is 1.17 bits per heavy atom. The molecule has 0 fully saturated rings. The maximum Gasteiger partial charge on any atom is 0.329 e. The van der Waals surface area contributed by atoms with Crippen LogP contribution in [0, 0.1) is 0 Å². The van der Waals surface area contributed by atoms with Crippen molar-refractivity contribution in [1.82, 2.24) is 15.6 Å². The van der Waals surface area contributed by atoms with Crippen LogP contribution in [0.25, 0.3) is 11.4 Å². The minimum atomic E-state index is -0.575. The summed E-state index contributed by atoms with van der Waals surface area (Å²) in [5.41, 5.74) is 3.92. The summed E-state index contributed by atoms with van der Waals surface area (Å²) >= 11 is 0. The predicted octanol–water partition coefficient (Wildman–Crippen LogP) is 2.51. The van der Waals surface area contributed by atoms with E-state index in [0.717, 1.165) is 11.3 Å². The Kier molecular flexibility index (Phi) is 4.62. The minimum absolute atomic E-state index is 0.161. The molecule has 24 heavy (non-hydrogen) atoms. The Morgan fingerprint density at radius 2 is 1.92 bits per heavy atom. The van der Waals surface area contributed by atoms with Gasteiger partial charge in [0.25, 0.3) is 0 Å². The third-order valence-corrected chi connectivity index (χ3v) is 3.15. The number of hydrogen-bond acceptors (Lipinski definition) is 6. The Labute approximate surface area is 138 Å². The van der Waals surface area contributed by atoms with Crippen molar-refractivity contribution in [1.29, 1.82) is 0 Å². The topological polar surface area (TPSA) is 89.6 Å². The normalized spacial score (nSPS) is 10.7. The van der Waals surface area contributed by atoms with Gasteiger partial charge in [-0.25, -0.2) is 5.43 Å². The Balaban J connectivity index is 1.66. The summed E-state index contributed by atoms with van der Waals surface area (Å²) in [4.78, 5) is 16.0. The molecule has 120 valence electrons. The summed E-state index contributed by atoms with van der Waals surface area (Å²) < 4.78 is 10.0. The lowest BCUT2D eigenvalue weighted by atomic mass is 10.2. The zero-order valence-corrected chi connectivity index (χ0v) is 12.8. The molecule has 1 aromatic heterocycles. The molecule has 0 radical (unpaired) electrons. The first-order valence-corrected chi connectivity index (χ1v) is 7.13. The van der Waals surface area contributed by atoms with E-state index in [9.17, 15) is 4.79 Å². The van der Waals surface area contributed by atoms with Gasteiger partial charge in [-0.05, 0) is 29.8 Å². The lowest BCUT2D eigenvalue weighted by molar-refractivity contribution is 0.0911. The minimum Gasteiger partial charge on any atom is -0.497 e. The smallest absolute Gasteiger partial charge is 0.329 e. The second-order valence-electron chi connectivity index (χ2n) is 4.76. The average molecular weight is 322 g/mol. The summed E-state index contributed by atoms with van der Waals surface area (Å²) in [7, 11) is 1.59. The highest BCUT2D eigenvalue weighted by atomic mass is 16.5. The van der Waals surface area contributed by atoms with E-state index in [4.69, 9.17) is 9.26 Å². The van der Waals surface area contributed by atoms with Crippen LogP contribution in [0.5, 0.6) is 5.75 Å². The maximum absolute atomic E-state index is 11.9. The molecule has 7 nitrogen and oxygen atoms in total. The van der Waals surface area contributed by atoms with Gasteiger partial charge in [-0.15, -0.1) is 0 Å². The van der Waals surface area contributed by atoms with Crippen LogP contribution >= 0.6 is 0 Å². The zero-order chi connectivity index (χ0) is 16.8. The van der Waals surface area contributed by atoms with E-state index in [1.54, 1.807) is 31.4 Å². The number of benzene rings is 2. The number of aromatic nitrogens is 2. The van der Waals surface area contributed by atoms with Crippen molar-refractivity contribution in [2.75, 3.05) is 7.11 Å². The second kappa shape index (κ2) is 7.19. The highest BCUT2D eigenvalue weighted by Crippen LogP contribution is 2.19. The highest BCUT2D eigenvalue weighted by molar-refractivity contribution is 5.91. The number of ether oxygens (including phenoxy) is 1. The molecule has 0 aliphatic heterocycles. The standard InChI is InChI=1S/C17H14N4O3/c1-23-14-9-7-13(8-10-14)15-19-17(24-21-15)16(22)20-18-11-12-5-3-2-4-6-12/h2-11H,1H3,(H,20,22)/b18-11+. The Morgan fingerprint density at radius 3 is 2.62 bits per heavy atom. The fourth-order valence-electron chi connectivity index (χ4n) is 1.93. The van der Waals surface area contributed by atoms with Crippen molar-refractivity contribution in [3.63, 3.8) is 0 Å². The van der Waals surface area contributed by atoms with Gasteiger partial charge in [0.05, 0.1) is 13.3 Å². The molecule has 0 aliphatic carbocycles. The summed E-state index contributed by atoms with van der Waals surface area (Å²) in [6.07, 6.45) is 1.53. The van der Waals surface area contributed by atoms with E-state index in [0.29, 0.717) is 11.4 Å². The number of carbonyl (C=O) groups is 1. The summed E-state index contributed by atoms with van der Waals surface area (Å²) in [5, 5.41) is 7.64. The molecule has 1 amide bonds. The molecule has 3 aromatic rings. The van der Waals surface area contributed by atoms with E-state index in [1.807, 2.05) is 30.3 Å². The molecule has 7 heteroatoms. The molecular formula is C17H14N4O3. The molecular weight excluding hydrogens is 308 g/mol. The Hall–Kier alpha value is -3.48. The van der Waals surface area contributed by atoms with Gasteiger partial charge in [0.1, 0.15) is 5.75 Å². The fourth-order valence-corrected chi connectivity index (χ4v) is 1.93. The van der Waals surface area contributed by atoms with E-state index in [2.05, 4.69) is 20.7 Å². The average Bonchev–Trinajstić information content (AvgIpc) is 3.13. The molecule has 3 rings (SSSR count). The van der Waals surface area contributed by atoms with Gasteiger partial charge in [0.2, 0.25) is 5.82 Å². The van der Waals surface area contributed by atoms with E-state index >= 15 is 0 Å². The predicted molar refractivity (Wildman–Crippen MR) is 87.8 cm³/mol. The summed E-state index contributed by atoms with van der Waals surface area (Å²) in [6, 6.07) is 16.5. The molecule has 2 aromatic carbocycles. The first-order chi connectivity index (χ1) is 11.8. The number of rotatable bonds is 5. The molecule has 0 bridgehead atoms. The van der Waals surface area contributed by atoms with Gasteiger partial charge >= 0.3 is 11.8 Å². The fraction of sp³-hybridized carbons (Fsp3) is 0.0588. The molecule has 1 heterocycles. The number of hydrogen-bond donors (Lipinski definition) is 1. The lowest BCUT2D eigenvalue weighted by Crippen LogP contribution is -2.17. The maximum atomic E-state index is 11.9. The zero-order valence-electron chi connectivity index (χ0n) is 12.8. The van der Waals surface area contributed by atoms with E-state index in [1.165, 1.54) is 6.21 Å². The van der Waals surface area contributed by atoms with Gasteiger partial charge in [-0.1, -0.05) is 35.5 Å². The third kappa shape index (κ3) is 3.64. The van der Waals surface area contributed by atoms with Gasteiger partial charge in [0.15, 0.2) is 0 Å². The molecule has 0 aliphatic rings. The van der Waals surface area contributed by atoms with Crippen LogP contribution in [-0.4, -0.2) is 29.4 Å². The lowest BCUT2D eigenvalue weighted by Gasteiger charge is -1.98. The third-order valence-electron chi connectivity index (χ3n) is 3.15.